The number of hydrogen-bond acceptors (Lipinski definition) is 4. The van der Waals surface area contributed by atoms with Crippen molar-refractivity contribution in [1.29, 1.82) is 0 Å². The third-order valence-corrected chi connectivity index (χ3v) is 3.48. The van der Waals surface area contributed by atoms with Crippen molar-refractivity contribution in [1.82, 2.24) is 9.78 Å². The Morgan fingerprint density at radius 1 is 1.30 bits per heavy atom. The summed E-state index contributed by atoms with van der Waals surface area (Å²) in [5.41, 5.74) is 2.59. The van der Waals surface area contributed by atoms with Gasteiger partial charge in [-0.15, -0.1) is 0 Å². The van der Waals surface area contributed by atoms with Crippen LogP contribution in [0.25, 0.3) is 0 Å². The van der Waals surface area contributed by atoms with Gasteiger partial charge in [0.1, 0.15) is 11.9 Å². The molecule has 20 heavy (non-hydrogen) atoms. The lowest BCUT2D eigenvalue weighted by Crippen LogP contribution is -2.01. The molecule has 1 fully saturated rings. The van der Waals surface area contributed by atoms with Crippen LogP contribution in [0, 0.1) is 10.1 Å². The molecule has 0 bridgehead atoms. The van der Waals surface area contributed by atoms with Gasteiger partial charge in [-0.2, -0.15) is 5.10 Å². The zero-order valence-electron chi connectivity index (χ0n) is 10.9. The Labute approximate surface area is 115 Å². The average molecular weight is 273 g/mol. The highest BCUT2D eigenvalue weighted by Crippen LogP contribution is 2.43. The summed E-state index contributed by atoms with van der Waals surface area (Å²) >= 11 is 0. The molecule has 1 aliphatic rings. The van der Waals surface area contributed by atoms with E-state index < -0.39 is 0 Å². The van der Waals surface area contributed by atoms with Crippen molar-refractivity contribution >= 4 is 5.69 Å². The number of nitro groups is 1. The van der Waals surface area contributed by atoms with Crippen LogP contribution in [0.5, 0.6) is 0 Å². The Kier molecular flexibility index (Phi) is 3.23. The van der Waals surface area contributed by atoms with Gasteiger partial charge in [0.25, 0.3) is 0 Å². The molecule has 3 rings (SSSR count). The van der Waals surface area contributed by atoms with Gasteiger partial charge in [0.2, 0.25) is 0 Å². The smallest absolute Gasteiger partial charge is 0.310 e. The van der Waals surface area contributed by atoms with E-state index in [-0.39, 0.29) is 23.1 Å². The van der Waals surface area contributed by atoms with Crippen LogP contribution in [-0.2, 0) is 13.2 Å². The number of rotatable bonds is 5. The maximum absolute atomic E-state index is 11.0. The van der Waals surface area contributed by atoms with Crippen LogP contribution in [0.2, 0.25) is 0 Å². The van der Waals surface area contributed by atoms with Crippen molar-refractivity contribution in [2.24, 2.45) is 0 Å². The molecule has 0 amide bonds. The van der Waals surface area contributed by atoms with Gasteiger partial charge in [-0.25, -0.2) is 0 Å². The van der Waals surface area contributed by atoms with Crippen molar-refractivity contribution in [3.63, 3.8) is 0 Å². The summed E-state index contributed by atoms with van der Waals surface area (Å²) in [5, 5.41) is 24.4. The summed E-state index contributed by atoms with van der Waals surface area (Å²) < 4.78 is 1.62. The molecular weight excluding hydrogens is 258 g/mol. The molecule has 104 valence electrons. The molecule has 1 aromatic carbocycles. The second-order valence-corrected chi connectivity index (χ2v) is 5.10. The van der Waals surface area contributed by atoms with Gasteiger partial charge in [0.05, 0.1) is 18.1 Å². The Bertz CT molecular complexity index is 630. The first-order valence-electron chi connectivity index (χ1n) is 6.58. The van der Waals surface area contributed by atoms with Crippen molar-refractivity contribution < 1.29 is 10.0 Å². The minimum Gasteiger partial charge on any atom is -0.392 e. The molecule has 1 aliphatic carbocycles. The van der Waals surface area contributed by atoms with E-state index in [1.54, 1.807) is 4.68 Å². The molecular formula is C14H15N3O3. The van der Waals surface area contributed by atoms with E-state index in [2.05, 4.69) is 5.10 Å². The molecule has 0 spiro atoms. The van der Waals surface area contributed by atoms with Crippen molar-refractivity contribution in [3.8, 4) is 0 Å². The summed E-state index contributed by atoms with van der Waals surface area (Å²) in [4.78, 5) is 10.7. The number of aliphatic hydroxyl groups excluding tert-OH is 1. The summed E-state index contributed by atoms with van der Waals surface area (Å²) in [5.74, 6) is 0.258. The quantitative estimate of drug-likeness (QED) is 0.669. The zero-order chi connectivity index (χ0) is 14.1. The van der Waals surface area contributed by atoms with Gasteiger partial charge >= 0.3 is 5.69 Å². The predicted octanol–water partition coefficient (Wildman–Crippen LogP) is 2.21. The molecule has 1 saturated carbocycles. The third-order valence-electron chi connectivity index (χ3n) is 3.48. The standard InChI is InChI=1S/C14H15N3O3/c18-9-11-3-1-10(2-4-11)7-16-8-13(17(19)20)14(15-16)12-5-6-12/h1-4,8,12,18H,5-7,9H2. The number of aromatic nitrogens is 2. The summed E-state index contributed by atoms with van der Waals surface area (Å²) in [7, 11) is 0. The molecule has 0 radical (unpaired) electrons. The van der Waals surface area contributed by atoms with Crippen LogP contribution in [-0.4, -0.2) is 19.8 Å². The largest absolute Gasteiger partial charge is 0.392 e. The van der Waals surface area contributed by atoms with Crippen LogP contribution < -0.4 is 0 Å². The highest BCUT2D eigenvalue weighted by atomic mass is 16.6. The molecule has 1 heterocycles. The summed E-state index contributed by atoms with van der Waals surface area (Å²) in [6, 6.07) is 7.48. The Morgan fingerprint density at radius 2 is 1.95 bits per heavy atom. The first-order valence-corrected chi connectivity index (χ1v) is 6.58. The highest BCUT2D eigenvalue weighted by molar-refractivity contribution is 5.38. The van der Waals surface area contributed by atoms with E-state index in [0.29, 0.717) is 12.2 Å². The van der Waals surface area contributed by atoms with Crippen molar-refractivity contribution in [2.45, 2.75) is 31.9 Å². The van der Waals surface area contributed by atoms with Gasteiger partial charge < -0.3 is 5.11 Å². The third kappa shape index (κ3) is 2.55. The second kappa shape index (κ2) is 5.05. The fraction of sp³-hybridized carbons (Fsp3) is 0.357. The van der Waals surface area contributed by atoms with Crippen LogP contribution in [0.4, 0.5) is 5.69 Å². The number of aliphatic hydroxyl groups is 1. The minimum atomic E-state index is -0.355. The number of nitrogens with zero attached hydrogens (tertiary/aromatic N) is 3. The second-order valence-electron chi connectivity index (χ2n) is 5.10. The molecule has 6 nitrogen and oxygen atoms in total. The van der Waals surface area contributed by atoms with Gasteiger partial charge in [-0.05, 0) is 24.0 Å². The van der Waals surface area contributed by atoms with Gasteiger partial charge in [0.15, 0.2) is 0 Å². The predicted molar refractivity (Wildman–Crippen MR) is 72.3 cm³/mol. The molecule has 1 N–H and O–H groups in total. The van der Waals surface area contributed by atoms with E-state index in [4.69, 9.17) is 5.11 Å². The molecule has 0 atom stereocenters. The lowest BCUT2D eigenvalue weighted by atomic mass is 10.1. The summed E-state index contributed by atoms with van der Waals surface area (Å²) in [6.07, 6.45) is 3.49. The monoisotopic (exact) mass is 273 g/mol. The van der Waals surface area contributed by atoms with Crippen molar-refractivity contribution in [3.05, 3.63) is 57.4 Å². The average Bonchev–Trinajstić information content (AvgIpc) is 3.21. The fourth-order valence-electron chi connectivity index (χ4n) is 2.23. The zero-order valence-corrected chi connectivity index (χ0v) is 10.9. The minimum absolute atomic E-state index is 0.0132. The first kappa shape index (κ1) is 12.8. The number of hydrogen-bond donors (Lipinski definition) is 1. The SMILES string of the molecule is O=[N+]([O-])c1cn(Cc2ccc(CO)cc2)nc1C1CC1. The summed E-state index contributed by atoms with van der Waals surface area (Å²) in [6.45, 7) is 0.513. The van der Waals surface area contributed by atoms with Crippen molar-refractivity contribution in [2.75, 3.05) is 0 Å². The van der Waals surface area contributed by atoms with Gasteiger partial charge in [0, 0.05) is 5.92 Å². The molecule has 1 aromatic heterocycles. The molecule has 0 unspecified atom stereocenters. The lowest BCUT2D eigenvalue weighted by Gasteiger charge is -2.02. The molecule has 0 aliphatic heterocycles. The first-order chi connectivity index (χ1) is 9.67. The maximum atomic E-state index is 11.0. The van der Waals surface area contributed by atoms with E-state index in [0.717, 1.165) is 24.0 Å². The van der Waals surface area contributed by atoms with E-state index in [9.17, 15) is 10.1 Å². The Balaban J connectivity index is 1.82. The van der Waals surface area contributed by atoms with Crippen LogP contribution in [0.1, 0.15) is 35.6 Å². The highest BCUT2D eigenvalue weighted by Gasteiger charge is 2.34. The topological polar surface area (TPSA) is 81.2 Å². The molecule has 6 heteroatoms. The molecule has 0 saturated heterocycles. The van der Waals surface area contributed by atoms with Gasteiger partial charge in [-0.1, -0.05) is 24.3 Å². The normalized spacial score (nSPS) is 14.4. The number of benzene rings is 1. The maximum Gasteiger partial charge on any atom is 0.310 e. The van der Waals surface area contributed by atoms with Crippen LogP contribution in [0.3, 0.4) is 0 Å². The Morgan fingerprint density at radius 3 is 2.50 bits per heavy atom. The van der Waals surface area contributed by atoms with Crippen LogP contribution in [0.15, 0.2) is 30.5 Å². The Hall–Kier alpha value is -2.21. The lowest BCUT2D eigenvalue weighted by molar-refractivity contribution is -0.385. The van der Waals surface area contributed by atoms with E-state index in [1.165, 1.54) is 6.20 Å². The van der Waals surface area contributed by atoms with E-state index in [1.807, 2.05) is 24.3 Å². The van der Waals surface area contributed by atoms with Gasteiger partial charge in [-0.3, -0.25) is 14.8 Å². The van der Waals surface area contributed by atoms with Crippen LogP contribution >= 0.6 is 0 Å². The van der Waals surface area contributed by atoms with E-state index >= 15 is 0 Å². The fourth-order valence-corrected chi connectivity index (χ4v) is 2.23. The molecule has 2 aromatic rings.